The number of likely N-dealkylation sites (N-methyl/N-ethyl adjacent to an activating group) is 1. The Labute approximate surface area is 114 Å². The Hall–Kier alpha value is -1.39. The van der Waals surface area contributed by atoms with Crippen LogP contribution in [0.3, 0.4) is 0 Å². The molecule has 0 spiro atoms. The van der Waals surface area contributed by atoms with Crippen molar-refractivity contribution in [2.45, 2.75) is 31.8 Å². The van der Waals surface area contributed by atoms with E-state index in [-0.39, 0.29) is 5.91 Å². The molecule has 1 fully saturated rings. The molecule has 2 N–H and O–H groups in total. The molecule has 1 amide bonds. The van der Waals surface area contributed by atoms with Gasteiger partial charge in [-0.3, -0.25) is 4.79 Å². The predicted molar refractivity (Wildman–Crippen MR) is 76.1 cm³/mol. The molecule has 0 unspecified atom stereocenters. The van der Waals surface area contributed by atoms with E-state index < -0.39 is 0 Å². The van der Waals surface area contributed by atoms with E-state index >= 15 is 0 Å². The summed E-state index contributed by atoms with van der Waals surface area (Å²) in [4.78, 5) is 13.6. The zero-order valence-corrected chi connectivity index (χ0v) is 11.4. The number of fused-ring (bicyclic) bond motifs is 1. The lowest BCUT2D eigenvalue weighted by molar-refractivity contribution is -0.115. The van der Waals surface area contributed by atoms with Gasteiger partial charge in [-0.25, -0.2) is 0 Å². The third kappa shape index (κ3) is 3.33. The third-order valence-corrected chi connectivity index (χ3v) is 3.75. The van der Waals surface area contributed by atoms with Crippen molar-refractivity contribution < 1.29 is 4.79 Å². The molecule has 0 saturated heterocycles. The molecule has 1 aromatic carbocycles. The summed E-state index contributed by atoms with van der Waals surface area (Å²) in [7, 11) is 2.14. The molecule has 3 rings (SSSR count). The molecular weight excluding hydrogens is 238 g/mol. The van der Waals surface area contributed by atoms with Crippen molar-refractivity contribution in [1.82, 2.24) is 10.2 Å². The number of nitrogens with one attached hydrogen (secondary N) is 2. The fourth-order valence-corrected chi connectivity index (χ4v) is 2.52. The fraction of sp³-hybridized carbons (Fsp3) is 0.533. The minimum absolute atomic E-state index is 0.106. The van der Waals surface area contributed by atoms with Crippen molar-refractivity contribution in [3.05, 3.63) is 29.3 Å². The minimum Gasteiger partial charge on any atom is -0.326 e. The standard InChI is InChI=1S/C15H21N3O/c1-18(7-6-16-13-3-4-13)10-11-2-5-14-12(8-11)9-15(19)17-14/h2,5,8,13,16H,3-4,6-7,9-10H2,1H3,(H,17,19). The van der Waals surface area contributed by atoms with E-state index in [2.05, 4.69) is 34.7 Å². The number of carbonyl (C=O) groups excluding carboxylic acids is 1. The topological polar surface area (TPSA) is 44.4 Å². The minimum atomic E-state index is 0.106. The number of hydrogen-bond acceptors (Lipinski definition) is 3. The molecule has 0 atom stereocenters. The molecular formula is C15H21N3O. The number of nitrogens with zero attached hydrogens (tertiary/aromatic N) is 1. The van der Waals surface area contributed by atoms with Gasteiger partial charge in [0.05, 0.1) is 6.42 Å². The monoisotopic (exact) mass is 259 g/mol. The van der Waals surface area contributed by atoms with Gasteiger partial charge in [0.1, 0.15) is 0 Å². The van der Waals surface area contributed by atoms with E-state index in [4.69, 9.17) is 0 Å². The van der Waals surface area contributed by atoms with E-state index in [1.807, 2.05) is 6.07 Å². The number of amides is 1. The van der Waals surface area contributed by atoms with Gasteiger partial charge in [0.15, 0.2) is 0 Å². The summed E-state index contributed by atoms with van der Waals surface area (Å²) in [5.74, 6) is 0.106. The predicted octanol–water partition coefficient (Wildman–Crippen LogP) is 1.36. The lowest BCUT2D eigenvalue weighted by atomic mass is 10.1. The Kier molecular flexibility index (Phi) is 3.53. The van der Waals surface area contributed by atoms with Crippen molar-refractivity contribution in [3.8, 4) is 0 Å². The van der Waals surface area contributed by atoms with Gasteiger partial charge in [-0.05, 0) is 37.1 Å². The normalized spacial score (nSPS) is 17.7. The second kappa shape index (κ2) is 5.31. The Morgan fingerprint density at radius 2 is 2.26 bits per heavy atom. The van der Waals surface area contributed by atoms with Crippen LogP contribution in [0.5, 0.6) is 0 Å². The summed E-state index contributed by atoms with van der Waals surface area (Å²) < 4.78 is 0. The van der Waals surface area contributed by atoms with Crippen LogP contribution in [0.4, 0.5) is 5.69 Å². The average Bonchev–Trinajstić information content (AvgIpc) is 3.09. The molecule has 1 saturated carbocycles. The van der Waals surface area contributed by atoms with Crippen LogP contribution in [0.1, 0.15) is 24.0 Å². The Morgan fingerprint density at radius 3 is 3.05 bits per heavy atom. The third-order valence-electron chi connectivity index (χ3n) is 3.75. The van der Waals surface area contributed by atoms with E-state index in [1.54, 1.807) is 0 Å². The Bertz CT molecular complexity index is 482. The molecule has 4 heteroatoms. The van der Waals surface area contributed by atoms with Gasteiger partial charge in [0, 0.05) is 31.4 Å². The zero-order valence-electron chi connectivity index (χ0n) is 11.4. The van der Waals surface area contributed by atoms with Crippen LogP contribution >= 0.6 is 0 Å². The average molecular weight is 259 g/mol. The number of benzene rings is 1. The van der Waals surface area contributed by atoms with Crippen LogP contribution < -0.4 is 10.6 Å². The van der Waals surface area contributed by atoms with E-state index in [9.17, 15) is 4.79 Å². The second-order valence-corrected chi connectivity index (χ2v) is 5.68. The van der Waals surface area contributed by atoms with Crippen molar-refractivity contribution in [2.75, 3.05) is 25.5 Å². The summed E-state index contributed by atoms with van der Waals surface area (Å²) in [6.07, 6.45) is 3.21. The molecule has 1 heterocycles. The SMILES string of the molecule is CN(CCNC1CC1)Cc1ccc2c(c1)CC(=O)N2. The quantitative estimate of drug-likeness (QED) is 0.811. The number of carbonyl (C=O) groups is 1. The van der Waals surface area contributed by atoms with Crippen LogP contribution in [0.25, 0.3) is 0 Å². The van der Waals surface area contributed by atoms with Crippen molar-refractivity contribution in [3.63, 3.8) is 0 Å². The Balaban J connectivity index is 1.51. The highest BCUT2D eigenvalue weighted by atomic mass is 16.1. The molecule has 19 heavy (non-hydrogen) atoms. The maximum atomic E-state index is 11.3. The largest absolute Gasteiger partial charge is 0.326 e. The summed E-state index contributed by atoms with van der Waals surface area (Å²) in [5.41, 5.74) is 3.39. The Morgan fingerprint density at radius 1 is 1.42 bits per heavy atom. The van der Waals surface area contributed by atoms with Crippen molar-refractivity contribution in [1.29, 1.82) is 0 Å². The number of rotatable bonds is 6. The molecule has 0 radical (unpaired) electrons. The van der Waals surface area contributed by atoms with Gasteiger partial charge < -0.3 is 15.5 Å². The lowest BCUT2D eigenvalue weighted by Crippen LogP contribution is -2.30. The molecule has 0 aromatic heterocycles. The van der Waals surface area contributed by atoms with Crippen molar-refractivity contribution >= 4 is 11.6 Å². The summed E-state index contributed by atoms with van der Waals surface area (Å²) in [6, 6.07) is 7.06. The van der Waals surface area contributed by atoms with Gasteiger partial charge >= 0.3 is 0 Å². The van der Waals surface area contributed by atoms with Crippen LogP contribution in [-0.4, -0.2) is 37.0 Å². The zero-order chi connectivity index (χ0) is 13.2. The molecule has 0 bridgehead atoms. The van der Waals surface area contributed by atoms with Crippen LogP contribution in [0, 0.1) is 0 Å². The van der Waals surface area contributed by atoms with Gasteiger partial charge in [-0.1, -0.05) is 12.1 Å². The van der Waals surface area contributed by atoms with Gasteiger partial charge in [0.2, 0.25) is 5.91 Å². The summed E-state index contributed by atoms with van der Waals surface area (Å²) >= 11 is 0. The first-order valence-corrected chi connectivity index (χ1v) is 7.04. The highest BCUT2D eigenvalue weighted by molar-refractivity contribution is 5.99. The van der Waals surface area contributed by atoms with Gasteiger partial charge in [-0.2, -0.15) is 0 Å². The van der Waals surface area contributed by atoms with Crippen LogP contribution in [-0.2, 0) is 17.8 Å². The van der Waals surface area contributed by atoms with Crippen LogP contribution in [0.2, 0.25) is 0 Å². The molecule has 1 aromatic rings. The first kappa shape index (κ1) is 12.6. The van der Waals surface area contributed by atoms with Gasteiger partial charge in [-0.15, -0.1) is 0 Å². The highest BCUT2D eigenvalue weighted by Gasteiger charge is 2.20. The van der Waals surface area contributed by atoms with E-state index in [0.29, 0.717) is 6.42 Å². The van der Waals surface area contributed by atoms with E-state index in [1.165, 1.54) is 18.4 Å². The molecule has 4 nitrogen and oxygen atoms in total. The van der Waals surface area contributed by atoms with E-state index in [0.717, 1.165) is 36.9 Å². The molecule has 1 aliphatic heterocycles. The number of anilines is 1. The van der Waals surface area contributed by atoms with Gasteiger partial charge in [0.25, 0.3) is 0 Å². The maximum absolute atomic E-state index is 11.3. The first-order valence-electron chi connectivity index (χ1n) is 7.04. The summed E-state index contributed by atoms with van der Waals surface area (Å²) in [6.45, 7) is 3.06. The first-order chi connectivity index (χ1) is 9.20. The fourth-order valence-electron chi connectivity index (χ4n) is 2.52. The second-order valence-electron chi connectivity index (χ2n) is 5.68. The highest BCUT2D eigenvalue weighted by Crippen LogP contribution is 2.24. The smallest absolute Gasteiger partial charge is 0.228 e. The molecule has 1 aliphatic carbocycles. The van der Waals surface area contributed by atoms with Crippen LogP contribution in [0.15, 0.2) is 18.2 Å². The maximum Gasteiger partial charge on any atom is 0.228 e. The summed E-state index contributed by atoms with van der Waals surface area (Å²) in [5, 5.41) is 6.39. The van der Waals surface area contributed by atoms with Crippen molar-refractivity contribution in [2.24, 2.45) is 0 Å². The number of hydrogen-bond donors (Lipinski definition) is 2. The lowest BCUT2D eigenvalue weighted by Gasteiger charge is -2.17. The molecule has 102 valence electrons. The molecule has 2 aliphatic rings.